The van der Waals surface area contributed by atoms with Crippen molar-refractivity contribution in [2.45, 2.75) is 18.2 Å². The molecule has 122 valence electrons. The summed E-state index contributed by atoms with van der Waals surface area (Å²) in [6, 6.07) is 7.14. The molecular weight excluding hydrogens is 300 g/mol. The van der Waals surface area contributed by atoms with Gasteiger partial charge < -0.3 is 9.64 Å². The number of ether oxygens (including phenoxy) is 1. The highest BCUT2D eigenvalue weighted by Gasteiger charge is 2.42. The molecule has 0 amide bonds. The monoisotopic (exact) mass is 324 g/mol. The van der Waals surface area contributed by atoms with Crippen molar-refractivity contribution in [3.63, 3.8) is 0 Å². The van der Waals surface area contributed by atoms with E-state index < -0.39 is 10.0 Å². The fourth-order valence-corrected chi connectivity index (χ4v) is 5.13. The van der Waals surface area contributed by atoms with E-state index in [0.29, 0.717) is 31.2 Å². The number of likely N-dealkylation sites (tertiary alicyclic amines) is 1. The number of aryl methyl sites for hydroxylation is 1. The molecule has 0 aromatic heterocycles. The molecule has 1 atom stereocenters. The van der Waals surface area contributed by atoms with Gasteiger partial charge in [0.2, 0.25) is 10.0 Å². The Kier molecular flexibility index (Phi) is 4.29. The van der Waals surface area contributed by atoms with Crippen molar-refractivity contribution in [1.82, 2.24) is 9.21 Å². The first-order valence-corrected chi connectivity index (χ1v) is 9.19. The molecule has 2 heterocycles. The lowest BCUT2D eigenvalue weighted by molar-refractivity contribution is 0.0744. The molecule has 0 N–H and O–H groups in total. The first-order valence-electron chi connectivity index (χ1n) is 7.75. The van der Waals surface area contributed by atoms with E-state index in [2.05, 4.69) is 11.9 Å². The number of hydrogen-bond acceptors (Lipinski definition) is 4. The van der Waals surface area contributed by atoms with Gasteiger partial charge in [-0.25, -0.2) is 8.42 Å². The largest absolute Gasteiger partial charge is 0.379 e. The Morgan fingerprint density at radius 2 is 2.05 bits per heavy atom. The van der Waals surface area contributed by atoms with E-state index in [1.165, 1.54) is 0 Å². The Labute approximate surface area is 132 Å². The fraction of sp³-hybridized carbons (Fsp3) is 0.625. The summed E-state index contributed by atoms with van der Waals surface area (Å²) in [6.07, 6.45) is 0.989. The van der Waals surface area contributed by atoms with E-state index in [1.54, 1.807) is 22.5 Å². The van der Waals surface area contributed by atoms with Crippen molar-refractivity contribution in [2.75, 3.05) is 46.4 Å². The smallest absolute Gasteiger partial charge is 0.243 e. The molecule has 0 radical (unpaired) electrons. The SMILES string of the molecule is Cc1cccc(S(=O)(=O)N2CCOC[C@@]3(CCN(C)C3)C2)c1. The van der Waals surface area contributed by atoms with Gasteiger partial charge in [0.15, 0.2) is 0 Å². The average molecular weight is 324 g/mol. The predicted octanol–water partition coefficient (Wildman–Crippen LogP) is 1.34. The molecule has 22 heavy (non-hydrogen) atoms. The maximum Gasteiger partial charge on any atom is 0.243 e. The van der Waals surface area contributed by atoms with Gasteiger partial charge in [-0.1, -0.05) is 12.1 Å². The van der Waals surface area contributed by atoms with Crippen LogP contribution in [0, 0.1) is 12.3 Å². The van der Waals surface area contributed by atoms with Gasteiger partial charge in [0.25, 0.3) is 0 Å². The van der Waals surface area contributed by atoms with Crippen LogP contribution in [0.25, 0.3) is 0 Å². The van der Waals surface area contributed by atoms with Gasteiger partial charge in [-0.15, -0.1) is 0 Å². The van der Waals surface area contributed by atoms with Crippen LogP contribution in [0.5, 0.6) is 0 Å². The fourth-order valence-electron chi connectivity index (χ4n) is 3.49. The van der Waals surface area contributed by atoms with E-state index in [9.17, 15) is 8.42 Å². The van der Waals surface area contributed by atoms with E-state index in [-0.39, 0.29) is 5.41 Å². The van der Waals surface area contributed by atoms with Gasteiger partial charge >= 0.3 is 0 Å². The van der Waals surface area contributed by atoms with Crippen LogP contribution in [0.2, 0.25) is 0 Å². The third-order valence-corrected chi connectivity index (χ3v) is 6.50. The third-order valence-electron chi connectivity index (χ3n) is 4.66. The van der Waals surface area contributed by atoms with E-state index in [1.807, 2.05) is 13.0 Å². The minimum absolute atomic E-state index is 0.0673. The highest BCUT2D eigenvalue weighted by molar-refractivity contribution is 7.89. The zero-order valence-corrected chi connectivity index (χ0v) is 14.1. The third kappa shape index (κ3) is 3.06. The lowest BCUT2D eigenvalue weighted by Crippen LogP contribution is -2.43. The average Bonchev–Trinajstić information content (AvgIpc) is 2.70. The van der Waals surface area contributed by atoms with E-state index in [0.717, 1.165) is 25.1 Å². The summed E-state index contributed by atoms with van der Waals surface area (Å²) >= 11 is 0. The first-order chi connectivity index (χ1) is 10.4. The Bertz CT molecular complexity index is 647. The second-order valence-corrected chi connectivity index (χ2v) is 8.63. The molecule has 6 heteroatoms. The van der Waals surface area contributed by atoms with E-state index in [4.69, 9.17) is 4.74 Å². The van der Waals surface area contributed by atoms with Crippen LogP contribution in [-0.2, 0) is 14.8 Å². The van der Waals surface area contributed by atoms with Crippen molar-refractivity contribution in [3.8, 4) is 0 Å². The summed E-state index contributed by atoms with van der Waals surface area (Å²) in [5.41, 5.74) is 0.893. The van der Waals surface area contributed by atoms with Crippen LogP contribution in [0.4, 0.5) is 0 Å². The number of benzene rings is 1. The molecule has 0 unspecified atom stereocenters. The lowest BCUT2D eigenvalue weighted by Gasteiger charge is -2.31. The van der Waals surface area contributed by atoms with Gasteiger partial charge in [0.05, 0.1) is 18.1 Å². The van der Waals surface area contributed by atoms with Crippen LogP contribution >= 0.6 is 0 Å². The molecule has 1 aromatic rings. The lowest BCUT2D eigenvalue weighted by atomic mass is 9.88. The van der Waals surface area contributed by atoms with Crippen LogP contribution < -0.4 is 0 Å². The normalized spacial score (nSPS) is 28.1. The maximum absolute atomic E-state index is 13.0. The molecule has 2 saturated heterocycles. The number of sulfonamides is 1. The van der Waals surface area contributed by atoms with Gasteiger partial charge in [-0.2, -0.15) is 4.31 Å². The standard InChI is InChI=1S/C16H24N2O3S/c1-14-4-3-5-15(10-14)22(19,20)18-8-9-21-13-16(12-18)6-7-17(2)11-16/h3-5,10H,6-9,11-13H2,1-2H3/t16-/m1/s1. The van der Waals surface area contributed by atoms with Gasteiger partial charge in [0.1, 0.15) is 0 Å². The highest BCUT2D eigenvalue weighted by Crippen LogP contribution is 2.34. The highest BCUT2D eigenvalue weighted by atomic mass is 32.2. The molecule has 1 aromatic carbocycles. The molecule has 5 nitrogen and oxygen atoms in total. The van der Waals surface area contributed by atoms with Gasteiger partial charge in [0, 0.05) is 25.0 Å². The summed E-state index contributed by atoms with van der Waals surface area (Å²) in [6.45, 7) is 5.91. The predicted molar refractivity (Wildman–Crippen MR) is 85.3 cm³/mol. The van der Waals surface area contributed by atoms with Crippen LogP contribution in [0.15, 0.2) is 29.2 Å². The van der Waals surface area contributed by atoms with Crippen LogP contribution in [0.1, 0.15) is 12.0 Å². The van der Waals surface area contributed by atoms with Gasteiger partial charge in [-0.3, -0.25) is 0 Å². The molecule has 0 bridgehead atoms. The zero-order valence-electron chi connectivity index (χ0n) is 13.3. The molecule has 0 saturated carbocycles. The van der Waals surface area contributed by atoms with Crippen molar-refractivity contribution in [2.24, 2.45) is 5.41 Å². The summed E-state index contributed by atoms with van der Waals surface area (Å²) in [4.78, 5) is 2.64. The molecule has 0 aliphatic carbocycles. The Morgan fingerprint density at radius 3 is 2.73 bits per heavy atom. The van der Waals surface area contributed by atoms with Crippen molar-refractivity contribution < 1.29 is 13.2 Å². The van der Waals surface area contributed by atoms with Crippen LogP contribution in [0.3, 0.4) is 0 Å². The minimum Gasteiger partial charge on any atom is -0.379 e. The quantitative estimate of drug-likeness (QED) is 0.824. The molecular formula is C16H24N2O3S. The Hall–Kier alpha value is -0.950. The second kappa shape index (κ2) is 5.92. The summed E-state index contributed by atoms with van der Waals surface area (Å²) in [5.74, 6) is 0. The van der Waals surface area contributed by atoms with Crippen molar-refractivity contribution in [3.05, 3.63) is 29.8 Å². The number of rotatable bonds is 2. The molecule has 3 rings (SSSR count). The number of hydrogen-bond donors (Lipinski definition) is 0. The summed E-state index contributed by atoms with van der Waals surface area (Å²) in [5, 5.41) is 0. The summed E-state index contributed by atoms with van der Waals surface area (Å²) in [7, 11) is -1.37. The Balaban J connectivity index is 1.89. The summed E-state index contributed by atoms with van der Waals surface area (Å²) < 4.78 is 33.3. The first kappa shape index (κ1) is 15.9. The van der Waals surface area contributed by atoms with Crippen molar-refractivity contribution >= 4 is 10.0 Å². The second-order valence-electron chi connectivity index (χ2n) is 6.70. The topological polar surface area (TPSA) is 49.9 Å². The molecule has 1 spiro atoms. The number of nitrogens with zero attached hydrogens (tertiary/aromatic N) is 2. The van der Waals surface area contributed by atoms with Crippen LogP contribution in [-0.4, -0.2) is 64.1 Å². The zero-order chi connectivity index (χ0) is 15.8. The minimum atomic E-state index is -3.45. The Morgan fingerprint density at radius 1 is 1.23 bits per heavy atom. The molecule has 2 aliphatic heterocycles. The molecule has 2 aliphatic rings. The van der Waals surface area contributed by atoms with Crippen molar-refractivity contribution in [1.29, 1.82) is 0 Å². The van der Waals surface area contributed by atoms with E-state index >= 15 is 0 Å². The molecule has 2 fully saturated rings. The maximum atomic E-state index is 13.0. The van der Waals surface area contributed by atoms with Gasteiger partial charge in [-0.05, 0) is 44.6 Å².